The molecule has 0 spiro atoms. The van der Waals surface area contributed by atoms with Gasteiger partial charge in [-0.3, -0.25) is 0 Å². The molecule has 0 atom stereocenters. The number of hydrogen-bond donors (Lipinski definition) is 0. The van der Waals surface area contributed by atoms with Gasteiger partial charge in [-0.25, -0.2) is 0 Å². The highest BCUT2D eigenvalue weighted by molar-refractivity contribution is 6.13. The van der Waals surface area contributed by atoms with E-state index in [0.29, 0.717) is 0 Å². The molecular formula is C59H48N2. The van der Waals surface area contributed by atoms with E-state index in [4.69, 9.17) is 0 Å². The summed E-state index contributed by atoms with van der Waals surface area (Å²) in [5.74, 6) is 0. The maximum atomic E-state index is 2.50. The fourth-order valence-corrected chi connectivity index (χ4v) is 9.95. The highest BCUT2D eigenvalue weighted by atomic mass is 15.1. The third-order valence-corrected chi connectivity index (χ3v) is 13.6. The number of rotatable bonds is 6. The molecule has 9 aromatic carbocycles. The lowest BCUT2D eigenvalue weighted by Crippen LogP contribution is -2.17. The van der Waals surface area contributed by atoms with E-state index in [2.05, 4.69) is 233 Å². The summed E-state index contributed by atoms with van der Waals surface area (Å²) in [7, 11) is 0. The van der Waals surface area contributed by atoms with Gasteiger partial charge in [-0.05, 0) is 167 Å². The molecule has 1 heterocycles. The molecular weight excluding hydrogens is 737 g/mol. The Morgan fingerprint density at radius 3 is 1.46 bits per heavy atom. The van der Waals surface area contributed by atoms with Gasteiger partial charge in [-0.15, -0.1) is 0 Å². The van der Waals surface area contributed by atoms with E-state index in [1.165, 1.54) is 122 Å². The van der Waals surface area contributed by atoms with E-state index in [0.717, 1.165) is 0 Å². The molecule has 0 N–H and O–H groups in total. The van der Waals surface area contributed by atoms with Gasteiger partial charge in [0.2, 0.25) is 0 Å². The van der Waals surface area contributed by atoms with Crippen molar-refractivity contribution in [3.8, 4) is 39.1 Å². The Morgan fingerprint density at radius 1 is 0.393 bits per heavy atom. The Morgan fingerprint density at radius 2 is 0.918 bits per heavy atom. The van der Waals surface area contributed by atoms with Crippen LogP contribution in [0.2, 0.25) is 0 Å². The quantitative estimate of drug-likeness (QED) is 0.163. The first-order chi connectivity index (χ1) is 29.7. The van der Waals surface area contributed by atoms with Gasteiger partial charge in [-0.2, -0.15) is 0 Å². The molecule has 0 amide bonds. The highest BCUT2D eigenvalue weighted by Gasteiger charge is 2.38. The van der Waals surface area contributed by atoms with Crippen molar-refractivity contribution in [3.05, 3.63) is 215 Å². The predicted octanol–water partition coefficient (Wildman–Crippen LogP) is 16.3. The predicted molar refractivity (Wildman–Crippen MR) is 260 cm³/mol. The molecule has 1 aliphatic carbocycles. The minimum absolute atomic E-state index is 0.267. The molecule has 0 aliphatic heterocycles. The molecule has 0 saturated carbocycles. The standard InChI is InChI=1S/C59H48N2/c1-37-21-25-45(31-39(37)3)60(46-26-22-38(2)40(4)32-46)57-36-54-58(49-20-14-13-19-48(49)57)50-28-27-47(35-53(50)59(54,5)6)61-55-29-23-43(41-15-9-7-10-16-41)33-51(55)52-34-44(24-30-56(52)61)42-17-11-8-12-18-42/h7-36H,1-6H3. The average molecular weight is 785 g/mol. The number of aryl methyl sites for hydroxylation is 4. The summed E-state index contributed by atoms with van der Waals surface area (Å²) in [6.45, 7) is 13.7. The van der Waals surface area contributed by atoms with Gasteiger partial charge in [0.05, 0.1) is 16.7 Å². The number of fused-ring (bicyclic) bond motifs is 8. The second-order valence-corrected chi connectivity index (χ2v) is 17.6. The van der Waals surface area contributed by atoms with E-state index in [1.807, 2.05) is 0 Å². The van der Waals surface area contributed by atoms with Gasteiger partial charge < -0.3 is 9.47 Å². The summed E-state index contributed by atoms with van der Waals surface area (Å²) in [4.78, 5) is 2.48. The molecule has 1 aromatic heterocycles. The first-order valence-electron chi connectivity index (χ1n) is 21.5. The number of benzene rings is 9. The maximum absolute atomic E-state index is 2.50. The fourth-order valence-electron chi connectivity index (χ4n) is 9.95. The lowest BCUT2D eigenvalue weighted by Gasteiger charge is -2.30. The summed E-state index contributed by atoms with van der Waals surface area (Å²) < 4.78 is 2.48. The van der Waals surface area contributed by atoms with Crippen molar-refractivity contribution in [1.29, 1.82) is 0 Å². The topological polar surface area (TPSA) is 8.17 Å². The van der Waals surface area contributed by atoms with Crippen LogP contribution in [0.25, 0.3) is 71.6 Å². The van der Waals surface area contributed by atoms with E-state index in [1.54, 1.807) is 0 Å². The fraction of sp³-hybridized carbons (Fsp3) is 0.119. The van der Waals surface area contributed by atoms with Crippen LogP contribution in [0.5, 0.6) is 0 Å². The zero-order valence-corrected chi connectivity index (χ0v) is 35.7. The summed E-state index contributed by atoms with van der Waals surface area (Å²) in [5.41, 5.74) is 22.3. The summed E-state index contributed by atoms with van der Waals surface area (Å²) in [5, 5.41) is 5.04. The van der Waals surface area contributed by atoms with E-state index >= 15 is 0 Å². The SMILES string of the molecule is Cc1ccc(N(c2ccc(C)c(C)c2)c2cc3c(c4ccccc24)-c2ccc(-n4c5ccc(-c6ccccc6)cc5c5cc(-c6ccccc6)ccc54)cc2C3(C)C)cc1C. The number of nitrogens with zero attached hydrogens (tertiary/aromatic N) is 2. The normalized spacial score (nSPS) is 12.9. The van der Waals surface area contributed by atoms with Crippen molar-refractivity contribution < 1.29 is 0 Å². The molecule has 2 heteroatoms. The van der Waals surface area contributed by atoms with Gasteiger partial charge in [-0.1, -0.05) is 129 Å². The van der Waals surface area contributed by atoms with Crippen LogP contribution in [-0.4, -0.2) is 4.57 Å². The van der Waals surface area contributed by atoms with E-state index in [-0.39, 0.29) is 5.41 Å². The van der Waals surface area contributed by atoms with Crippen molar-refractivity contribution in [2.45, 2.75) is 47.0 Å². The van der Waals surface area contributed by atoms with Crippen molar-refractivity contribution >= 4 is 49.6 Å². The summed E-state index contributed by atoms with van der Waals surface area (Å²) >= 11 is 0. The Bertz CT molecular complexity index is 3220. The Hall–Kier alpha value is -7.16. The first-order valence-corrected chi connectivity index (χ1v) is 21.5. The van der Waals surface area contributed by atoms with E-state index < -0.39 is 0 Å². The zero-order valence-electron chi connectivity index (χ0n) is 35.7. The molecule has 0 fully saturated rings. The lowest BCUT2D eigenvalue weighted by atomic mass is 9.81. The van der Waals surface area contributed by atoms with Crippen molar-refractivity contribution in [3.63, 3.8) is 0 Å². The number of anilines is 3. The Kier molecular flexibility index (Phi) is 8.44. The molecule has 11 rings (SSSR count). The first kappa shape index (κ1) is 36.9. The number of aromatic nitrogens is 1. The minimum Gasteiger partial charge on any atom is -0.310 e. The Balaban J connectivity index is 1.12. The molecule has 61 heavy (non-hydrogen) atoms. The maximum Gasteiger partial charge on any atom is 0.0543 e. The van der Waals surface area contributed by atoms with Crippen LogP contribution in [-0.2, 0) is 5.41 Å². The molecule has 0 bridgehead atoms. The minimum atomic E-state index is -0.267. The Labute approximate surface area is 359 Å². The van der Waals surface area contributed by atoms with Crippen LogP contribution in [0, 0.1) is 27.7 Å². The molecule has 1 aliphatic rings. The third kappa shape index (κ3) is 5.85. The van der Waals surface area contributed by atoms with Crippen molar-refractivity contribution in [2.24, 2.45) is 0 Å². The largest absolute Gasteiger partial charge is 0.310 e. The third-order valence-electron chi connectivity index (χ3n) is 13.6. The molecule has 10 aromatic rings. The van der Waals surface area contributed by atoms with Crippen LogP contribution < -0.4 is 4.90 Å². The van der Waals surface area contributed by atoms with Gasteiger partial charge in [0.15, 0.2) is 0 Å². The summed E-state index contributed by atoms with van der Waals surface area (Å²) in [6.07, 6.45) is 0. The number of hydrogen-bond acceptors (Lipinski definition) is 1. The highest BCUT2D eigenvalue weighted by Crippen LogP contribution is 2.55. The molecule has 0 radical (unpaired) electrons. The monoisotopic (exact) mass is 784 g/mol. The molecule has 2 nitrogen and oxygen atoms in total. The van der Waals surface area contributed by atoms with Crippen molar-refractivity contribution in [1.82, 2.24) is 4.57 Å². The van der Waals surface area contributed by atoms with Crippen LogP contribution >= 0.6 is 0 Å². The van der Waals surface area contributed by atoms with E-state index in [9.17, 15) is 0 Å². The van der Waals surface area contributed by atoms with Crippen molar-refractivity contribution in [2.75, 3.05) is 4.90 Å². The molecule has 294 valence electrons. The van der Waals surface area contributed by atoms with Crippen LogP contribution in [0.15, 0.2) is 182 Å². The van der Waals surface area contributed by atoms with Crippen LogP contribution in [0.1, 0.15) is 47.2 Å². The summed E-state index contributed by atoms with van der Waals surface area (Å²) in [6, 6.07) is 68.0. The lowest BCUT2D eigenvalue weighted by molar-refractivity contribution is 0.660. The second-order valence-electron chi connectivity index (χ2n) is 17.6. The smallest absolute Gasteiger partial charge is 0.0543 e. The van der Waals surface area contributed by atoms with Gasteiger partial charge in [0, 0.05) is 38.6 Å². The van der Waals surface area contributed by atoms with Gasteiger partial charge >= 0.3 is 0 Å². The second kappa shape index (κ2) is 14.0. The molecule has 0 unspecified atom stereocenters. The average Bonchev–Trinajstić information content (AvgIpc) is 3.73. The zero-order chi connectivity index (χ0) is 41.6. The van der Waals surface area contributed by atoms with Gasteiger partial charge in [0.25, 0.3) is 0 Å². The molecule has 0 saturated heterocycles. The van der Waals surface area contributed by atoms with Crippen LogP contribution in [0.4, 0.5) is 17.1 Å². The van der Waals surface area contributed by atoms with Crippen LogP contribution in [0.3, 0.4) is 0 Å². The van der Waals surface area contributed by atoms with Gasteiger partial charge in [0.1, 0.15) is 0 Å².